The Bertz CT molecular complexity index is 461. The molecule has 0 aliphatic carbocycles. The molecule has 13 heavy (non-hydrogen) atoms. The fraction of sp³-hybridized carbons (Fsp3) is 0.182. The van der Waals surface area contributed by atoms with Crippen molar-refractivity contribution < 1.29 is 0 Å². The van der Waals surface area contributed by atoms with Crippen LogP contribution in [-0.2, 0) is 0 Å². The molecule has 2 rings (SSSR count). The molecule has 1 heterocycles. The summed E-state index contributed by atoms with van der Waals surface area (Å²) in [7, 11) is 0. The molecular formula is C11H12N2. The van der Waals surface area contributed by atoms with Crippen molar-refractivity contribution in [2.75, 3.05) is 5.73 Å². The Morgan fingerprint density at radius 2 is 2.08 bits per heavy atom. The van der Waals surface area contributed by atoms with Gasteiger partial charge in [0.25, 0.3) is 0 Å². The number of hydrogen-bond donors (Lipinski definition) is 1. The van der Waals surface area contributed by atoms with Gasteiger partial charge in [0.2, 0.25) is 0 Å². The molecule has 0 unspecified atom stereocenters. The molecule has 2 heteroatoms. The van der Waals surface area contributed by atoms with Gasteiger partial charge in [0.05, 0.1) is 5.52 Å². The van der Waals surface area contributed by atoms with E-state index in [2.05, 4.69) is 18.0 Å². The third-order valence-electron chi connectivity index (χ3n) is 2.48. The first-order valence-electron chi connectivity index (χ1n) is 4.30. The second-order valence-corrected chi connectivity index (χ2v) is 3.30. The SMILES string of the molecule is Cc1cc2ncccc2c(N)c1C. The van der Waals surface area contributed by atoms with Crippen LogP contribution in [0.1, 0.15) is 11.1 Å². The van der Waals surface area contributed by atoms with Crippen molar-refractivity contribution in [2.24, 2.45) is 0 Å². The summed E-state index contributed by atoms with van der Waals surface area (Å²) in [6.07, 6.45) is 1.79. The summed E-state index contributed by atoms with van der Waals surface area (Å²) >= 11 is 0. The van der Waals surface area contributed by atoms with E-state index in [0.29, 0.717) is 0 Å². The van der Waals surface area contributed by atoms with Crippen molar-refractivity contribution in [3.8, 4) is 0 Å². The number of rotatable bonds is 0. The Labute approximate surface area is 77.4 Å². The molecule has 66 valence electrons. The van der Waals surface area contributed by atoms with Crippen molar-refractivity contribution in [1.82, 2.24) is 4.98 Å². The van der Waals surface area contributed by atoms with E-state index in [0.717, 1.165) is 22.2 Å². The number of nitrogen functional groups attached to an aromatic ring is 1. The van der Waals surface area contributed by atoms with Crippen LogP contribution in [0.2, 0.25) is 0 Å². The summed E-state index contributed by atoms with van der Waals surface area (Å²) in [5.74, 6) is 0. The van der Waals surface area contributed by atoms with Gasteiger partial charge in [-0.25, -0.2) is 0 Å². The lowest BCUT2D eigenvalue weighted by Crippen LogP contribution is -1.94. The lowest BCUT2D eigenvalue weighted by molar-refractivity contribution is 1.33. The molecule has 1 aromatic carbocycles. The zero-order valence-corrected chi connectivity index (χ0v) is 7.83. The van der Waals surface area contributed by atoms with Crippen LogP contribution in [0.25, 0.3) is 10.9 Å². The molecular weight excluding hydrogens is 160 g/mol. The van der Waals surface area contributed by atoms with Crippen molar-refractivity contribution in [3.63, 3.8) is 0 Å². The number of anilines is 1. The Kier molecular flexibility index (Phi) is 1.69. The van der Waals surface area contributed by atoms with Gasteiger partial charge in [0.15, 0.2) is 0 Å². The van der Waals surface area contributed by atoms with Gasteiger partial charge in [0, 0.05) is 17.3 Å². The Balaban J connectivity index is 2.94. The number of nitrogens with zero attached hydrogens (tertiary/aromatic N) is 1. The lowest BCUT2D eigenvalue weighted by atomic mass is 10.0. The molecule has 0 spiro atoms. The molecule has 2 N–H and O–H groups in total. The van der Waals surface area contributed by atoms with Crippen molar-refractivity contribution in [3.05, 3.63) is 35.5 Å². The highest BCUT2D eigenvalue weighted by molar-refractivity contribution is 5.92. The molecule has 0 bridgehead atoms. The van der Waals surface area contributed by atoms with E-state index < -0.39 is 0 Å². The average molecular weight is 172 g/mol. The lowest BCUT2D eigenvalue weighted by Gasteiger charge is -2.07. The maximum absolute atomic E-state index is 5.98. The molecule has 0 atom stereocenters. The molecule has 0 saturated heterocycles. The fourth-order valence-electron chi connectivity index (χ4n) is 1.49. The highest BCUT2D eigenvalue weighted by Crippen LogP contribution is 2.25. The molecule has 0 saturated carbocycles. The number of fused-ring (bicyclic) bond motifs is 1. The molecule has 0 fully saturated rings. The molecule has 2 nitrogen and oxygen atoms in total. The summed E-state index contributed by atoms with van der Waals surface area (Å²) in [4.78, 5) is 4.26. The number of nitrogens with two attached hydrogens (primary N) is 1. The Morgan fingerprint density at radius 1 is 1.31 bits per heavy atom. The summed E-state index contributed by atoms with van der Waals surface area (Å²) in [6.45, 7) is 4.09. The maximum atomic E-state index is 5.98. The first kappa shape index (κ1) is 8.05. The van der Waals surface area contributed by atoms with Gasteiger partial charge in [-0.15, -0.1) is 0 Å². The zero-order valence-electron chi connectivity index (χ0n) is 7.83. The quantitative estimate of drug-likeness (QED) is 0.620. The molecule has 2 aromatic rings. The molecule has 0 amide bonds. The van der Waals surface area contributed by atoms with Crippen LogP contribution in [0, 0.1) is 13.8 Å². The predicted octanol–water partition coefficient (Wildman–Crippen LogP) is 2.43. The number of hydrogen-bond acceptors (Lipinski definition) is 2. The van der Waals surface area contributed by atoms with Gasteiger partial charge in [-0.3, -0.25) is 4.98 Å². The minimum atomic E-state index is 0.850. The first-order valence-corrected chi connectivity index (χ1v) is 4.30. The highest BCUT2D eigenvalue weighted by Gasteiger charge is 2.03. The predicted molar refractivity (Wildman–Crippen MR) is 55.6 cm³/mol. The normalized spacial score (nSPS) is 10.6. The van der Waals surface area contributed by atoms with Gasteiger partial charge < -0.3 is 5.73 Å². The van der Waals surface area contributed by atoms with E-state index in [1.54, 1.807) is 6.20 Å². The Morgan fingerprint density at radius 3 is 2.85 bits per heavy atom. The standard InChI is InChI=1S/C11H12N2/c1-7-6-10-9(4-3-5-13-10)11(12)8(7)2/h3-6H,12H2,1-2H3. The molecule has 1 aromatic heterocycles. The van der Waals surface area contributed by atoms with Gasteiger partial charge >= 0.3 is 0 Å². The van der Waals surface area contributed by atoms with Crippen molar-refractivity contribution >= 4 is 16.6 Å². The van der Waals surface area contributed by atoms with E-state index in [-0.39, 0.29) is 0 Å². The molecule has 0 aliphatic rings. The second kappa shape index (κ2) is 2.73. The first-order chi connectivity index (χ1) is 6.20. The fourth-order valence-corrected chi connectivity index (χ4v) is 1.49. The second-order valence-electron chi connectivity index (χ2n) is 3.30. The number of pyridine rings is 1. The van der Waals surface area contributed by atoms with E-state index in [1.807, 2.05) is 19.1 Å². The summed E-state index contributed by atoms with van der Waals surface area (Å²) in [5.41, 5.74) is 10.2. The van der Waals surface area contributed by atoms with E-state index >= 15 is 0 Å². The molecule has 0 radical (unpaired) electrons. The number of benzene rings is 1. The van der Waals surface area contributed by atoms with Crippen LogP contribution < -0.4 is 5.73 Å². The van der Waals surface area contributed by atoms with Crippen LogP contribution >= 0.6 is 0 Å². The van der Waals surface area contributed by atoms with Gasteiger partial charge in [0.1, 0.15) is 0 Å². The van der Waals surface area contributed by atoms with Crippen LogP contribution in [0.15, 0.2) is 24.4 Å². The van der Waals surface area contributed by atoms with Crippen LogP contribution in [0.5, 0.6) is 0 Å². The van der Waals surface area contributed by atoms with Crippen molar-refractivity contribution in [1.29, 1.82) is 0 Å². The van der Waals surface area contributed by atoms with Gasteiger partial charge in [-0.1, -0.05) is 0 Å². The largest absolute Gasteiger partial charge is 0.398 e. The number of aromatic nitrogens is 1. The maximum Gasteiger partial charge on any atom is 0.0725 e. The minimum Gasteiger partial charge on any atom is -0.398 e. The van der Waals surface area contributed by atoms with Crippen LogP contribution in [0.3, 0.4) is 0 Å². The summed E-state index contributed by atoms with van der Waals surface area (Å²) in [6, 6.07) is 5.98. The van der Waals surface area contributed by atoms with E-state index in [1.165, 1.54) is 5.56 Å². The van der Waals surface area contributed by atoms with Crippen LogP contribution in [0.4, 0.5) is 5.69 Å². The third-order valence-corrected chi connectivity index (χ3v) is 2.48. The summed E-state index contributed by atoms with van der Waals surface area (Å²) < 4.78 is 0. The van der Waals surface area contributed by atoms with E-state index in [9.17, 15) is 0 Å². The topological polar surface area (TPSA) is 38.9 Å². The third kappa shape index (κ3) is 1.15. The van der Waals surface area contributed by atoms with E-state index in [4.69, 9.17) is 5.73 Å². The van der Waals surface area contributed by atoms with Gasteiger partial charge in [-0.2, -0.15) is 0 Å². The zero-order chi connectivity index (χ0) is 9.42. The average Bonchev–Trinajstić information content (AvgIpc) is 2.15. The minimum absolute atomic E-state index is 0.850. The smallest absolute Gasteiger partial charge is 0.0725 e. The monoisotopic (exact) mass is 172 g/mol. The number of aryl methyl sites for hydroxylation is 1. The van der Waals surface area contributed by atoms with Gasteiger partial charge in [-0.05, 0) is 43.2 Å². The summed E-state index contributed by atoms with van der Waals surface area (Å²) in [5, 5.41) is 1.05. The Hall–Kier alpha value is -1.57. The molecule has 0 aliphatic heterocycles. The van der Waals surface area contributed by atoms with Crippen LogP contribution in [-0.4, -0.2) is 4.98 Å². The highest BCUT2D eigenvalue weighted by atomic mass is 14.7. The van der Waals surface area contributed by atoms with Crippen molar-refractivity contribution in [2.45, 2.75) is 13.8 Å².